The molecule has 0 aliphatic heterocycles. The number of fused-ring (bicyclic) bond motifs is 1. The third kappa shape index (κ3) is 3.62. The van der Waals surface area contributed by atoms with Crippen molar-refractivity contribution in [1.82, 2.24) is 14.6 Å². The zero-order valence-electron chi connectivity index (χ0n) is 13.6. The molecule has 0 fully saturated rings. The Balaban J connectivity index is 1.85. The van der Waals surface area contributed by atoms with Crippen molar-refractivity contribution in [2.45, 2.75) is 26.4 Å². The van der Waals surface area contributed by atoms with Crippen molar-refractivity contribution in [2.75, 3.05) is 5.32 Å². The molecule has 0 aliphatic rings. The number of aromatic nitrogens is 3. The lowest BCUT2D eigenvalue weighted by molar-refractivity contribution is 0.0636. The molecule has 0 unspecified atom stereocenters. The number of nitrogens with one attached hydrogen (secondary N) is 1. The first kappa shape index (κ1) is 15.8. The molecule has 2 N–H and O–H groups in total. The zero-order valence-corrected chi connectivity index (χ0v) is 13.6. The van der Waals surface area contributed by atoms with Crippen LogP contribution >= 0.6 is 0 Å². The minimum Gasteiger partial charge on any atom is -0.508 e. The fourth-order valence-electron chi connectivity index (χ4n) is 2.15. The van der Waals surface area contributed by atoms with Crippen molar-refractivity contribution in [1.29, 1.82) is 0 Å². The van der Waals surface area contributed by atoms with Crippen molar-refractivity contribution in [3.63, 3.8) is 0 Å². The van der Waals surface area contributed by atoms with Crippen molar-refractivity contribution < 1.29 is 14.6 Å². The van der Waals surface area contributed by atoms with Crippen LogP contribution in [0.15, 0.2) is 42.6 Å². The molecule has 24 heavy (non-hydrogen) atoms. The molecule has 2 aromatic heterocycles. The first-order chi connectivity index (χ1) is 11.3. The van der Waals surface area contributed by atoms with E-state index in [1.807, 2.05) is 6.07 Å². The fourth-order valence-corrected chi connectivity index (χ4v) is 2.15. The summed E-state index contributed by atoms with van der Waals surface area (Å²) in [7, 11) is 0. The molecule has 0 saturated carbocycles. The van der Waals surface area contributed by atoms with Crippen LogP contribution in [0.5, 0.6) is 5.75 Å². The molecule has 1 amide bonds. The Hall–Kier alpha value is -3.09. The number of pyridine rings is 1. The van der Waals surface area contributed by atoms with E-state index >= 15 is 0 Å². The van der Waals surface area contributed by atoms with Gasteiger partial charge in [0.25, 0.3) is 0 Å². The largest absolute Gasteiger partial charge is 0.508 e. The number of hydrogen-bond acceptors (Lipinski definition) is 5. The van der Waals surface area contributed by atoms with Gasteiger partial charge in [-0.15, -0.1) is 5.10 Å². The van der Waals surface area contributed by atoms with E-state index < -0.39 is 11.7 Å². The van der Waals surface area contributed by atoms with Gasteiger partial charge in [0, 0.05) is 23.5 Å². The highest BCUT2D eigenvalue weighted by Crippen LogP contribution is 2.21. The van der Waals surface area contributed by atoms with Gasteiger partial charge in [-0.25, -0.2) is 14.3 Å². The summed E-state index contributed by atoms with van der Waals surface area (Å²) in [5.74, 6) is 0.638. The molecule has 3 rings (SSSR count). The van der Waals surface area contributed by atoms with Crippen LogP contribution in [0.25, 0.3) is 17.0 Å². The van der Waals surface area contributed by atoms with Gasteiger partial charge in [-0.3, -0.25) is 5.32 Å². The molecule has 7 heteroatoms. The topological polar surface area (TPSA) is 88.8 Å². The monoisotopic (exact) mass is 326 g/mol. The minimum atomic E-state index is -0.564. The summed E-state index contributed by atoms with van der Waals surface area (Å²) in [6, 6.07) is 10.1. The average molecular weight is 326 g/mol. The Morgan fingerprint density at radius 3 is 2.75 bits per heavy atom. The molecular weight excluding hydrogens is 308 g/mol. The minimum absolute atomic E-state index is 0.152. The number of carbonyl (C=O) groups excluding carboxylic acids is 1. The van der Waals surface area contributed by atoms with Crippen LogP contribution in [0, 0.1) is 0 Å². The highest BCUT2D eigenvalue weighted by atomic mass is 16.6. The van der Waals surface area contributed by atoms with Crippen molar-refractivity contribution >= 4 is 17.4 Å². The van der Waals surface area contributed by atoms with Crippen LogP contribution in [0.1, 0.15) is 20.8 Å². The fraction of sp³-hybridized carbons (Fsp3) is 0.235. The van der Waals surface area contributed by atoms with Gasteiger partial charge in [0.05, 0.1) is 0 Å². The van der Waals surface area contributed by atoms with Gasteiger partial charge in [0.15, 0.2) is 11.5 Å². The summed E-state index contributed by atoms with van der Waals surface area (Å²) in [6.07, 6.45) is 1.17. The quantitative estimate of drug-likeness (QED) is 0.753. The maximum atomic E-state index is 11.8. The lowest BCUT2D eigenvalue weighted by atomic mass is 10.2. The second-order valence-corrected chi connectivity index (χ2v) is 6.33. The number of rotatable bonds is 2. The van der Waals surface area contributed by atoms with E-state index in [1.54, 1.807) is 61.8 Å². The Labute approximate surface area is 138 Å². The smallest absolute Gasteiger partial charge is 0.412 e. The van der Waals surface area contributed by atoms with E-state index in [0.29, 0.717) is 22.7 Å². The number of ether oxygens (including phenoxy) is 1. The maximum absolute atomic E-state index is 11.8. The van der Waals surface area contributed by atoms with Crippen LogP contribution in [-0.4, -0.2) is 31.4 Å². The summed E-state index contributed by atoms with van der Waals surface area (Å²) >= 11 is 0. The van der Waals surface area contributed by atoms with Crippen LogP contribution in [0.3, 0.4) is 0 Å². The Bertz CT molecular complexity index is 896. The van der Waals surface area contributed by atoms with Gasteiger partial charge < -0.3 is 9.84 Å². The molecule has 2 heterocycles. The summed E-state index contributed by atoms with van der Waals surface area (Å²) in [6.45, 7) is 5.40. The summed E-state index contributed by atoms with van der Waals surface area (Å²) < 4.78 is 6.82. The van der Waals surface area contributed by atoms with Crippen LogP contribution < -0.4 is 5.32 Å². The predicted octanol–water partition coefficient (Wildman–Crippen LogP) is 3.45. The summed E-state index contributed by atoms with van der Waals surface area (Å²) in [5.41, 5.74) is 1.28. The van der Waals surface area contributed by atoms with Crippen molar-refractivity contribution in [3.05, 3.63) is 42.6 Å². The number of nitrogens with zero attached hydrogens (tertiary/aromatic N) is 3. The predicted molar refractivity (Wildman–Crippen MR) is 89.9 cm³/mol. The molecule has 0 bridgehead atoms. The van der Waals surface area contributed by atoms with E-state index in [1.165, 1.54) is 0 Å². The normalized spacial score (nSPS) is 11.5. The standard InChI is InChI=1S/C17H18N4O3/c1-17(2,3)24-16(23)18-12-7-8-21-14(10-12)19-15(20-21)11-5-4-6-13(22)9-11/h4-10,22H,1-3H3,(H,18,23). The Kier molecular flexibility index (Phi) is 3.84. The second kappa shape index (κ2) is 5.84. The van der Waals surface area contributed by atoms with Crippen molar-refractivity contribution in [2.24, 2.45) is 0 Å². The van der Waals surface area contributed by atoms with Crippen LogP contribution in [0.2, 0.25) is 0 Å². The van der Waals surface area contributed by atoms with Gasteiger partial charge in [0.2, 0.25) is 0 Å². The molecule has 0 radical (unpaired) electrons. The molecule has 0 spiro atoms. The molecule has 0 atom stereocenters. The maximum Gasteiger partial charge on any atom is 0.412 e. The molecule has 0 aliphatic carbocycles. The SMILES string of the molecule is CC(C)(C)OC(=O)Nc1ccn2nc(-c3cccc(O)c3)nc2c1. The highest BCUT2D eigenvalue weighted by Gasteiger charge is 2.16. The van der Waals surface area contributed by atoms with E-state index in [9.17, 15) is 9.90 Å². The summed E-state index contributed by atoms with van der Waals surface area (Å²) in [4.78, 5) is 16.2. The number of hydrogen-bond donors (Lipinski definition) is 2. The molecule has 0 saturated heterocycles. The first-order valence-electron chi connectivity index (χ1n) is 7.46. The highest BCUT2D eigenvalue weighted by molar-refractivity contribution is 5.85. The lowest BCUT2D eigenvalue weighted by Crippen LogP contribution is -2.27. The van der Waals surface area contributed by atoms with Crippen LogP contribution in [-0.2, 0) is 4.74 Å². The molecule has 3 aromatic rings. The van der Waals surface area contributed by atoms with E-state index in [4.69, 9.17) is 4.74 Å². The first-order valence-corrected chi connectivity index (χ1v) is 7.46. The second-order valence-electron chi connectivity index (χ2n) is 6.33. The number of benzene rings is 1. The number of amides is 1. The Morgan fingerprint density at radius 2 is 2.04 bits per heavy atom. The average Bonchev–Trinajstić information content (AvgIpc) is 2.88. The number of phenolic OH excluding ortho intramolecular Hbond substituents is 1. The Morgan fingerprint density at radius 1 is 1.25 bits per heavy atom. The van der Waals surface area contributed by atoms with Gasteiger partial charge in [0.1, 0.15) is 11.4 Å². The lowest BCUT2D eigenvalue weighted by Gasteiger charge is -2.19. The van der Waals surface area contributed by atoms with E-state index in [2.05, 4.69) is 15.4 Å². The molecule has 7 nitrogen and oxygen atoms in total. The molecule has 1 aromatic carbocycles. The molecular formula is C17H18N4O3. The van der Waals surface area contributed by atoms with Gasteiger partial charge in [-0.2, -0.15) is 0 Å². The molecule has 124 valence electrons. The third-order valence-electron chi connectivity index (χ3n) is 3.09. The van der Waals surface area contributed by atoms with Crippen LogP contribution in [0.4, 0.5) is 10.5 Å². The van der Waals surface area contributed by atoms with E-state index in [0.717, 1.165) is 0 Å². The number of anilines is 1. The third-order valence-corrected chi connectivity index (χ3v) is 3.09. The summed E-state index contributed by atoms with van der Waals surface area (Å²) in [5, 5.41) is 16.6. The number of aromatic hydroxyl groups is 1. The van der Waals surface area contributed by atoms with Gasteiger partial charge in [-0.1, -0.05) is 12.1 Å². The number of carbonyl (C=O) groups is 1. The van der Waals surface area contributed by atoms with Crippen molar-refractivity contribution in [3.8, 4) is 17.1 Å². The number of phenols is 1. The van der Waals surface area contributed by atoms with Gasteiger partial charge in [-0.05, 0) is 39.0 Å². The zero-order chi connectivity index (χ0) is 17.3. The van der Waals surface area contributed by atoms with Gasteiger partial charge >= 0.3 is 6.09 Å². The van der Waals surface area contributed by atoms with E-state index in [-0.39, 0.29) is 5.75 Å².